The van der Waals surface area contributed by atoms with E-state index in [2.05, 4.69) is 10.1 Å². The number of thiazole rings is 1. The standard InChI is InChI=1S/C25H22ClN5O2S/c1-16-7-5-10-20-22(16)28-25(34-20)31(13-6-12-30-14-11-27-15-30)24(32)21-17(2)33-29-23(21)18-8-3-4-9-19(18)26/h3-5,7-11,14-15H,6,12-13H2,1-2H3. The Balaban J connectivity index is 1.55. The highest BCUT2D eigenvalue weighted by Crippen LogP contribution is 2.35. The summed E-state index contributed by atoms with van der Waals surface area (Å²) in [6.07, 6.45) is 6.15. The topological polar surface area (TPSA) is 77.0 Å². The van der Waals surface area contributed by atoms with Gasteiger partial charge in [-0.2, -0.15) is 0 Å². The summed E-state index contributed by atoms with van der Waals surface area (Å²) in [6.45, 7) is 4.97. The van der Waals surface area contributed by atoms with E-state index < -0.39 is 0 Å². The van der Waals surface area contributed by atoms with Gasteiger partial charge in [-0.3, -0.25) is 9.69 Å². The number of amides is 1. The summed E-state index contributed by atoms with van der Waals surface area (Å²) in [4.78, 5) is 24.7. The highest BCUT2D eigenvalue weighted by molar-refractivity contribution is 7.22. The van der Waals surface area contributed by atoms with Gasteiger partial charge >= 0.3 is 0 Å². The smallest absolute Gasteiger partial charge is 0.265 e. The molecule has 0 N–H and O–H groups in total. The monoisotopic (exact) mass is 491 g/mol. The number of hydrogen-bond acceptors (Lipinski definition) is 6. The first-order chi connectivity index (χ1) is 16.5. The van der Waals surface area contributed by atoms with Crippen LogP contribution in [0, 0.1) is 13.8 Å². The van der Waals surface area contributed by atoms with Crippen molar-refractivity contribution in [3.63, 3.8) is 0 Å². The second-order valence-electron chi connectivity index (χ2n) is 7.97. The van der Waals surface area contributed by atoms with Gasteiger partial charge in [0.25, 0.3) is 5.91 Å². The molecule has 0 unspecified atom stereocenters. The van der Waals surface area contributed by atoms with Crippen LogP contribution in [0.15, 0.2) is 65.7 Å². The number of para-hydroxylation sites is 1. The zero-order chi connectivity index (χ0) is 23.7. The van der Waals surface area contributed by atoms with Crippen molar-refractivity contribution in [3.8, 4) is 11.3 Å². The third kappa shape index (κ3) is 4.22. The van der Waals surface area contributed by atoms with Crippen molar-refractivity contribution in [1.29, 1.82) is 0 Å². The van der Waals surface area contributed by atoms with Crippen LogP contribution in [-0.4, -0.2) is 32.1 Å². The normalized spacial score (nSPS) is 11.3. The number of fused-ring (bicyclic) bond motifs is 1. The van der Waals surface area contributed by atoms with Crippen LogP contribution in [0.1, 0.15) is 28.1 Å². The van der Waals surface area contributed by atoms with Gasteiger partial charge in [0.15, 0.2) is 5.13 Å². The van der Waals surface area contributed by atoms with Crippen LogP contribution in [0.25, 0.3) is 21.5 Å². The Morgan fingerprint density at radius 2 is 2.03 bits per heavy atom. The number of carbonyl (C=O) groups is 1. The number of anilines is 1. The van der Waals surface area contributed by atoms with Crippen LogP contribution in [-0.2, 0) is 6.54 Å². The molecular formula is C25H22ClN5O2S. The van der Waals surface area contributed by atoms with Crippen molar-refractivity contribution >= 4 is 44.2 Å². The Morgan fingerprint density at radius 1 is 1.18 bits per heavy atom. The number of nitrogens with zero attached hydrogens (tertiary/aromatic N) is 5. The SMILES string of the molecule is Cc1onc(-c2ccccc2Cl)c1C(=O)N(CCCn1ccnc1)c1nc2c(C)cccc2s1. The Hall–Kier alpha value is -3.49. The molecular weight excluding hydrogens is 470 g/mol. The molecule has 0 atom stereocenters. The lowest BCUT2D eigenvalue weighted by molar-refractivity contribution is 0.0985. The number of carbonyl (C=O) groups excluding carboxylic acids is 1. The van der Waals surface area contributed by atoms with Gasteiger partial charge in [0.1, 0.15) is 17.0 Å². The van der Waals surface area contributed by atoms with E-state index in [1.54, 1.807) is 30.4 Å². The first-order valence-electron chi connectivity index (χ1n) is 10.9. The average molecular weight is 492 g/mol. The van der Waals surface area contributed by atoms with Crippen molar-refractivity contribution in [2.45, 2.75) is 26.8 Å². The molecule has 7 nitrogen and oxygen atoms in total. The molecule has 0 fully saturated rings. The van der Waals surface area contributed by atoms with Crippen LogP contribution in [0.2, 0.25) is 5.02 Å². The quantitative estimate of drug-likeness (QED) is 0.272. The van der Waals surface area contributed by atoms with Gasteiger partial charge in [-0.15, -0.1) is 0 Å². The van der Waals surface area contributed by atoms with Crippen LogP contribution in [0.3, 0.4) is 0 Å². The first-order valence-corrected chi connectivity index (χ1v) is 12.1. The molecule has 2 aromatic carbocycles. The highest BCUT2D eigenvalue weighted by Gasteiger charge is 2.29. The number of halogens is 1. The number of aromatic nitrogens is 4. The number of benzene rings is 2. The van der Waals surface area contributed by atoms with Gasteiger partial charge in [-0.1, -0.05) is 58.4 Å². The maximum Gasteiger partial charge on any atom is 0.265 e. The van der Waals surface area contributed by atoms with Gasteiger partial charge in [0, 0.05) is 31.0 Å². The summed E-state index contributed by atoms with van der Waals surface area (Å²) < 4.78 is 8.50. The third-order valence-electron chi connectivity index (χ3n) is 5.65. The zero-order valence-electron chi connectivity index (χ0n) is 18.7. The number of aryl methyl sites for hydroxylation is 3. The van der Waals surface area contributed by atoms with Crippen LogP contribution in [0.4, 0.5) is 5.13 Å². The maximum atomic E-state index is 14.0. The lowest BCUT2D eigenvalue weighted by atomic mass is 10.1. The average Bonchev–Trinajstić information content (AvgIpc) is 3.57. The Bertz CT molecular complexity index is 1460. The fourth-order valence-electron chi connectivity index (χ4n) is 3.90. The highest BCUT2D eigenvalue weighted by atomic mass is 35.5. The molecule has 9 heteroatoms. The van der Waals surface area contributed by atoms with Crippen molar-refractivity contribution in [2.75, 3.05) is 11.4 Å². The minimum absolute atomic E-state index is 0.212. The number of hydrogen-bond donors (Lipinski definition) is 0. The molecule has 172 valence electrons. The Morgan fingerprint density at radius 3 is 2.79 bits per heavy atom. The summed E-state index contributed by atoms with van der Waals surface area (Å²) in [5, 5.41) is 5.34. The van der Waals surface area contributed by atoms with E-state index in [1.165, 1.54) is 11.3 Å². The van der Waals surface area contributed by atoms with Crippen molar-refractivity contribution in [2.24, 2.45) is 0 Å². The predicted molar refractivity (Wildman–Crippen MR) is 135 cm³/mol. The molecule has 1 amide bonds. The van der Waals surface area contributed by atoms with E-state index >= 15 is 0 Å². The summed E-state index contributed by atoms with van der Waals surface area (Å²) in [6, 6.07) is 13.4. The van der Waals surface area contributed by atoms with Gasteiger partial charge in [0.2, 0.25) is 0 Å². The number of imidazole rings is 1. The molecule has 3 heterocycles. The largest absolute Gasteiger partial charge is 0.360 e. The molecule has 5 aromatic rings. The van der Waals surface area contributed by atoms with Gasteiger partial charge in [0.05, 0.1) is 21.6 Å². The molecule has 34 heavy (non-hydrogen) atoms. The zero-order valence-corrected chi connectivity index (χ0v) is 20.3. The molecule has 5 rings (SSSR count). The van der Waals surface area contributed by atoms with Crippen LogP contribution < -0.4 is 4.90 Å². The van der Waals surface area contributed by atoms with E-state index in [0.717, 1.165) is 28.7 Å². The van der Waals surface area contributed by atoms with Crippen molar-refractivity contribution in [1.82, 2.24) is 19.7 Å². The minimum Gasteiger partial charge on any atom is -0.360 e. The summed E-state index contributed by atoms with van der Waals surface area (Å²) in [5.41, 5.74) is 3.46. The molecule has 3 aromatic heterocycles. The van der Waals surface area contributed by atoms with Crippen LogP contribution >= 0.6 is 22.9 Å². The summed E-state index contributed by atoms with van der Waals surface area (Å²) in [5.74, 6) is 0.229. The maximum absolute atomic E-state index is 14.0. The molecule has 0 saturated heterocycles. The van der Waals surface area contributed by atoms with E-state index in [9.17, 15) is 4.79 Å². The lowest BCUT2D eigenvalue weighted by Gasteiger charge is -2.20. The molecule has 0 radical (unpaired) electrons. The fraction of sp³-hybridized carbons (Fsp3) is 0.200. The van der Waals surface area contributed by atoms with E-state index in [0.29, 0.717) is 39.3 Å². The van der Waals surface area contributed by atoms with Crippen molar-refractivity contribution in [3.05, 3.63) is 83.1 Å². The molecule has 0 aliphatic heterocycles. The Labute approximate surface area is 205 Å². The molecule has 0 aliphatic carbocycles. The van der Waals surface area contributed by atoms with Gasteiger partial charge < -0.3 is 9.09 Å². The lowest BCUT2D eigenvalue weighted by Crippen LogP contribution is -2.33. The molecule has 0 spiro atoms. The fourth-order valence-corrected chi connectivity index (χ4v) is 5.19. The van der Waals surface area contributed by atoms with E-state index in [4.69, 9.17) is 21.1 Å². The molecule has 0 saturated carbocycles. The summed E-state index contributed by atoms with van der Waals surface area (Å²) >= 11 is 7.93. The second kappa shape index (κ2) is 9.40. The third-order valence-corrected chi connectivity index (χ3v) is 7.02. The Kier molecular flexibility index (Phi) is 6.17. The van der Waals surface area contributed by atoms with Crippen LogP contribution in [0.5, 0.6) is 0 Å². The predicted octanol–water partition coefficient (Wildman–Crippen LogP) is 6.16. The van der Waals surface area contributed by atoms with E-state index in [-0.39, 0.29) is 5.91 Å². The minimum atomic E-state index is -0.212. The van der Waals surface area contributed by atoms with Gasteiger partial charge in [-0.05, 0) is 38.0 Å². The first kappa shape index (κ1) is 22.3. The van der Waals surface area contributed by atoms with E-state index in [1.807, 2.05) is 54.1 Å². The number of rotatable bonds is 7. The van der Waals surface area contributed by atoms with Crippen molar-refractivity contribution < 1.29 is 9.32 Å². The molecule has 0 bridgehead atoms. The summed E-state index contributed by atoms with van der Waals surface area (Å²) in [7, 11) is 0. The molecule has 0 aliphatic rings. The van der Waals surface area contributed by atoms with Gasteiger partial charge in [-0.25, -0.2) is 9.97 Å². The second-order valence-corrected chi connectivity index (χ2v) is 9.39.